The molecule has 0 amide bonds. The quantitative estimate of drug-likeness (QED) is 0.159. The molecule has 31 heavy (non-hydrogen) atoms. The lowest BCUT2D eigenvalue weighted by Gasteiger charge is -2.11. The molecule has 5 nitrogen and oxygen atoms in total. The molecule has 154 valence electrons. The molecule has 5 heteroatoms. The first-order chi connectivity index (χ1) is 15.0. The van der Waals surface area contributed by atoms with Gasteiger partial charge in [-0.05, 0) is 43.2 Å². The van der Waals surface area contributed by atoms with Crippen LogP contribution in [-0.2, 0) is 0 Å². The van der Waals surface area contributed by atoms with E-state index in [9.17, 15) is 14.7 Å². The summed E-state index contributed by atoms with van der Waals surface area (Å²) >= 11 is 0. The molecular weight excluding hydrogens is 390 g/mol. The van der Waals surface area contributed by atoms with E-state index in [-0.39, 0.29) is 11.5 Å². The number of ketones is 1. The van der Waals surface area contributed by atoms with Crippen molar-refractivity contribution in [3.8, 4) is 5.75 Å². The Labute approximate surface area is 179 Å². The summed E-state index contributed by atoms with van der Waals surface area (Å²) in [7, 11) is 0. The van der Waals surface area contributed by atoms with Crippen LogP contribution in [0.4, 0.5) is 0 Å². The molecular formula is C26H21NO4. The van der Waals surface area contributed by atoms with Crippen molar-refractivity contribution in [3.63, 3.8) is 0 Å². The molecule has 0 aliphatic heterocycles. The predicted molar refractivity (Wildman–Crippen MR) is 124 cm³/mol. The van der Waals surface area contributed by atoms with E-state index < -0.39 is 5.63 Å². The fourth-order valence-corrected chi connectivity index (χ4v) is 3.61. The molecule has 0 fully saturated rings. The second kappa shape index (κ2) is 8.40. The smallest absolute Gasteiger partial charge is 0.336 e. The van der Waals surface area contributed by atoms with Crippen LogP contribution >= 0.6 is 0 Å². The number of nitrogens with zero attached hydrogens (tertiary/aromatic N) is 1. The van der Waals surface area contributed by atoms with Crippen LogP contribution in [0, 0.1) is 6.92 Å². The van der Waals surface area contributed by atoms with Crippen molar-refractivity contribution in [2.45, 2.75) is 13.8 Å². The number of benzene rings is 3. The highest BCUT2D eigenvalue weighted by Crippen LogP contribution is 2.37. The molecule has 0 aliphatic rings. The van der Waals surface area contributed by atoms with Gasteiger partial charge in [0, 0.05) is 46.1 Å². The summed E-state index contributed by atoms with van der Waals surface area (Å²) in [5, 5.41) is 12.7. The van der Waals surface area contributed by atoms with E-state index in [2.05, 4.69) is 4.99 Å². The van der Waals surface area contributed by atoms with Crippen molar-refractivity contribution in [3.05, 3.63) is 93.3 Å². The van der Waals surface area contributed by atoms with Crippen LogP contribution in [0.3, 0.4) is 0 Å². The van der Waals surface area contributed by atoms with Crippen molar-refractivity contribution in [2.75, 3.05) is 6.54 Å². The minimum absolute atomic E-state index is 0.0461. The van der Waals surface area contributed by atoms with E-state index in [1.54, 1.807) is 48.7 Å². The molecule has 3 aromatic carbocycles. The van der Waals surface area contributed by atoms with Crippen LogP contribution in [0.15, 0.2) is 74.9 Å². The molecule has 0 spiro atoms. The normalized spacial score (nSPS) is 11.8. The maximum Gasteiger partial charge on any atom is 0.336 e. The molecule has 4 rings (SSSR count). The topological polar surface area (TPSA) is 79.9 Å². The van der Waals surface area contributed by atoms with Crippen LogP contribution in [0.5, 0.6) is 5.75 Å². The largest absolute Gasteiger partial charge is 0.507 e. The second-order valence-corrected chi connectivity index (χ2v) is 7.21. The van der Waals surface area contributed by atoms with E-state index >= 15 is 0 Å². The highest BCUT2D eigenvalue weighted by Gasteiger charge is 2.15. The van der Waals surface area contributed by atoms with Gasteiger partial charge in [-0.3, -0.25) is 9.79 Å². The van der Waals surface area contributed by atoms with Crippen LogP contribution < -0.4 is 5.63 Å². The molecule has 1 N–H and O–H groups in total. The van der Waals surface area contributed by atoms with Crippen LogP contribution in [0.2, 0.25) is 0 Å². The van der Waals surface area contributed by atoms with Gasteiger partial charge in [0.1, 0.15) is 11.3 Å². The minimum atomic E-state index is -0.469. The zero-order valence-electron chi connectivity index (χ0n) is 17.3. The maximum absolute atomic E-state index is 12.6. The lowest BCUT2D eigenvalue weighted by molar-refractivity contribution is 0.104. The number of hydrogen-bond donors (Lipinski definition) is 1. The number of allylic oxidation sites excluding steroid dienone is 1. The summed E-state index contributed by atoms with van der Waals surface area (Å²) in [5.41, 5.74) is 2.43. The summed E-state index contributed by atoms with van der Waals surface area (Å²) in [4.78, 5) is 28.9. The summed E-state index contributed by atoms with van der Waals surface area (Å²) < 4.78 is 5.54. The van der Waals surface area contributed by atoms with Crippen molar-refractivity contribution < 1.29 is 14.3 Å². The minimum Gasteiger partial charge on any atom is -0.507 e. The second-order valence-electron chi connectivity index (χ2n) is 7.21. The third-order valence-electron chi connectivity index (χ3n) is 5.13. The summed E-state index contributed by atoms with van der Waals surface area (Å²) in [5.74, 6) is -0.103. The van der Waals surface area contributed by atoms with Gasteiger partial charge in [0.25, 0.3) is 0 Å². The van der Waals surface area contributed by atoms with Gasteiger partial charge >= 0.3 is 5.63 Å². The summed E-state index contributed by atoms with van der Waals surface area (Å²) in [6.45, 7) is 4.31. The van der Waals surface area contributed by atoms with Gasteiger partial charge in [-0.1, -0.05) is 42.5 Å². The Balaban J connectivity index is 2.00. The number of aliphatic imine (C=N–C) groups is 1. The number of phenols is 1. The predicted octanol–water partition coefficient (Wildman–Crippen LogP) is 5.30. The fraction of sp³-hybridized carbons (Fsp3) is 0.115. The van der Waals surface area contributed by atoms with Crippen molar-refractivity contribution in [2.24, 2.45) is 4.99 Å². The van der Waals surface area contributed by atoms with Gasteiger partial charge in [-0.15, -0.1) is 0 Å². The SMILES string of the molecule is CCN=Cc1cc(/C=C/C(=O)c2ccccc2)c2c(ccc3c(C)cc(=O)oc32)c1O. The Kier molecular flexibility index (Phi) is 5.50. The highest BCUT2D eigenvalue weighted by atomic mass is 16.4. The highest BCUT2D eigenvalue weighted by molar-refractivity contribution is 6.15. The van der Waals surface area contributed by atoms with Gasteiger partial charge in [0.15, 0.2) is 5.78 Å². The van der Waals surface area contributed by atoms with E-state index in [0.717, 1.165) is 10.9 Å². The molecule has 0 bridgehead atoms. The van der Waals surface area contributed by atoms with Gasteiger partial charge in [0.2, 0.25) is 0 Å². The Bertz CT molecular complexity index is 1410. The molecule has 0 aliphatic carbocycles. The summed E-state index contributed by atoms with van der Waals surface area (Å²) in [6.07, 6.45) is 4.76. The first kappa shape index (κ1) is 20.3. The monoisotopic (exact) mass is 411 g/mol. The van der Waals surface area contributed by atoms with E-state index in [0.29, 0.717) is 39.6 Å². The number of carbonyl (C=O) groups excluding carboxylic acids is 1. The first-order valence-corrected chi connectivity index (χ1v) is 10.00. The molecule has 0 unspecified atom stereocenters. The number of aromatic hydroxyl groups is 1. The van der Waals surface area contributed by atoms with Crippen molar-refractivity contribution >= 4 is 39.8 Å². The zero-order valence-corrected chi connectivity index (χ0v) is 17.3. The van der Waals surface area contributed by atoms with Gasteiger partial charge in [0.05, 0.1) is 0 Å². The van der Waals surface area contributed by atoms with Crippen molar-refractivity contribution in [1.29, 1.82) is 0 Å². The first-order valence-electron chi connectivity index (χ1n) is 10.00. The molecule has 0 saturated carbocycles. The van der Waals surface area contributed by atoms with Crippen molar-refractivity contribution in [1.82, 2.24) is 0 Å². The number of phenolic OH excluding ortho intramolecular Hbond substituents is 1. The van der Waals surface area contributed by atoms with Crippen LogP contribution in [-0.4, -0.2) is 23.6 Å². The van der Waals surface area contributed by atoms with Gasteiger partial charge < -0.3 is 9.52 Å². The number of hydrogen-bond acceptors (Lipinski definition) is 5. The Hall–Kier alpha value is -3.99. The Morgan fingerprint density at radius 3 is 2.55 bits per heavy atom. The van der Waals surface area contributed by atoms with Crippen LogP contribution in [0.25, 0.3) is 27.8 Å². The third kappa shape index (κ3) is 3.90. The Morgan fingerprint density at radius 2 is 1.81 bits per heavy atom. The molecule has 0 radical (unpaired) electrons. The third-order valence-corrected chi connectivity index (χ3v) is 5.13. The molecule has 0 atom stereocenters. The number of carbonyl (C=O) groups is 1. The standard InChI is InChI=1S/C26H21NO4/c1-3-27-15-19-14-18(9-12-22(28)17-7-5-4-6-8-17)24-21(25(19)30)11-10-20-16(2)13-23(29)31-26(20)24/h4-15,30H,3H2,1-2H3/b12-9+,27-15?. The lowest BCUT2D eigenvalue weighted by atomic mass is 9.96. The number of aryl methyl sites for hydroxylation is 1. The average molecular weight is 411 g/mol. The van der Waals surface area contributed by atoms with Gasteiger partial charge in [-0.2, -0.15) is 0 Å². The fourth-order valence-electron chi connectivity index (χ4n) is 3.61. The summed E-state index contributed by atoms with van der Waals surface area (Å²) in [6, 6.07) is 15.8. The van der Waals surface area contributed by atoms with E-state index in [1.165, 1.54) is 12.1 Å². The lowest BCUT2D eigenvalue weighted by Crippen LogP contribution is -1.99. The molecule has 1 aromatic heterocycles. The number of fused-ring (bicyclic) bond motifs is 3. The number of rotatable bonds is 5. The van der Waals surface area contributed by atoms with Gasteiger partial charge in [-0.25, -0.2) is 4.79 Å². The molecule has 1 heterocycles. The van der Waals surface area contributed by atoms with Crippen LogP contribution in [0.1, 0.15) is 34.0 Å². The maximum atomic E-state index is 12.6. The molecule has 0 saturated heterocycles. The van der Waals surface area contributed by atoms with E-state index in [1.807, 2.05) is 26.0 Å². The molecule has 4 aromatic rings. The van der Waals surface area contributed by atoms with E-state index in [4.69, 9.17) is 4.42 Å². The Morgan fingerprint density at radius 1 is 1.06 bits per heavy atom. The average Bonchev–Trinajstić information content (AvgIpc) is 2.77. The zero-order chi connectivity index (χ0) is 22.0.